The Bertz CT molecular complexity index is 513. The molecule has 1 heterocycles. The summed E-state index contributed by atoms with van der Waals surface area (Å²) < 4.78 is 28.8. The van der Waals surface area contributed by atoms with Gasteiger partial charge in [-0.1, -0.05) is 6.42 Å². The molecule has 0 bridgehead atoms. The van der Waals surface area contributed by atoms with Gasteiger partial charge in [0.1, 0.15) is 0 Å². The van der Waals surface area contributed by atoms with E-state index < -0.39 is 10.2 Å². The maximum Gasteiger partial charge on any atom is 0.301 e. The zero-order valence-electron chi connectivity index (χ0n) is 11.4. The van der Waals surface area contributed by atoms with Crippen molar-refractivity contribution in [2.24, 2.45) is 0 Å². The molecule has 0 radical (unpaired) electrons. The summed E-state index contributed by atoms with van der Waals surface area (Å²) in [5, 5.41) is 3.00. The Morgan fingerprint density at radius 1 is 1.16 bits per heavy atom. The smallest absolute Gasteiger partial charge is 0.301 e. The molecule has 6 heteroatoms. The average Bonchev–Trinajstić information content (AvgIpc) is 2.39. The number of anilines is 2. The minimum Gasteiger partial charge on any atom is -0.388 e. The number of nitrogens with one attached hydrogen (secondary N) is 2. The number of hydrogen-bond acceptors (Lipinski definition) is 3. The first-order valence-electron chi connectivity index (χ1n) is 6.60. The molecule has 1 fully saturated rings. The van der Waals surface area contributed by atoms with Crippen LogP contribution in [0.25, 0.3) is 0 Å². The minimum absolute atomic E-state index is 0.0721. The van der Waals surface area contributed by atoms with Crippen LogP contribution in [0.5, 0.6) is 0 Å². The van der Waals surface area contributed by atoms with Gasteiger partial charge in [0, 0.05) is 31.0 Å². The molecule has 0 saturated carbocycles. The van der Waals surface area contributed by atoms with Crippen molar-refractivity contribution in [3.63, 3.8) is 0 Å². The van der Waals surface area contributed by atoms with Gasteiger partial charge in [0.15, 0.2) is 0 Å². The van der Waals surface area contributed by atoms with Crippen LogP contribution in [0.2, 0.25) is 0 Å². The van der Waals surface area contributed by atoms with Gasteiger partial charge >= 0.3 is 10.2 Å². The third-order valence-electron chi connectivity index (χ3n) is 3.47. The Balaban J connectivity index is 2.11. The molecule has 1 aromatic carbocycles. The zero-order chi connectivity index (χ0) is 13.9. The van der Waals surface area contributed by atoms with Crippen LogP contribution in [0.15, 0.2) is 24.3 Å². The number of rotatable bonds is 4. The van der Waals surface area contributed by atoms with Crippen molar-refractivity contribution in [3.05, 3.63) is 24.3 Å². The molecule has 1 aliphatic rings. The highest BCUT2D eigenvalue weighted by Gasteiger charge is 2.29. The summed E-state index contributed by atoms with van der Waals surface area (Å²) in [6, 6.07) is 7.29. The first-order valence-corrected chi connectivity index (χ1v) is 8.04. The van der Waals surface area contributed by atoms with Crippen LogP contribution in [0.3, 0.4) is 0 Å². The summed E-state index contributed by atoms with van der Waals surface area (Å²) >= 11 is 0. The van der Waals surface area contributed by atoms with Crippen LogP contribution in [0.1, 0.15) is 26.2 Å². The van der Waals surface area contributed by atoms with Gasteiger partial charge in [0.2, 0.25) is 0 Å². The highest BCUT2D eigenvalue weighted by atomic mass is 32.2. The molecule has 1 unspecified atom stereocenters. The number of hydrogen-bond donors (Lipinski definition) is 2. The number of nitrogens with zero attached hydrogens (tertiary/aromatic N) is 1. The molecule has 0 aliphatic carbocycles. The van der Waals surface area contributed by atoms with Gasteiger partial charge < -0.3 is 5.32 Å². The Labute approximate surface area is 115 Å². The van der Waals surface area contributed by atoms with E-state index in [9.17, 15) is 8.42 Å². The van der Waals surface area contributed by atoms with Gasteiger partial charge in [-0.2, -0.15) is 12.7 Å². The molecule has 19 heavy (non-hydrogen) atoms. The largest absolute Gasteiger partial charge is 0.388 e. The summed E-state index contributed by atoms with van der Waals surface area (Å²) in [6.45, 7) is 2.56. The number of benzene rings is 1. The van der Waals surface area contributed by atoms with Crippen molar-refractivity contribution in [2.75, 3.05) is 23.6 Å². The summed E-state index contributed by atoms with van der Waals surface area (Å²) in [7, 11) is -1.61. The minimum atomic E-state index is -3.44. The Kier molecular flexibility index (Phi) is 4.31. The maximum absolute atomic E-state index is 12.3. The molecule has 1 atom stereocenters. The van der Waals surface area contributed by atoms with Crippen molar-refractivity contribution in [1.82, 2.24) is 4.31 Å². The first-order chi connectivity index (χ1) is 9.03. The first kappa shape index (κ1) is 14.1. The molecule has 1 saturated heterocycles. The van der Waals surface area contributed by atoms with Crippen molar-refractivity contribution in [3.8, 4) is 0 Å². The Hall–Kier alpha value is -1.27. The molecule has 106 valence electrons. The van der Waals surface area contributed by atoms with Gasteiger partial charge in [-0.3, -0.25) is 4.72 Å². The average molecular weight is 283 g/mol. The molecular weight excluding hydrogens is 262 g/mol. The fraction of sp³-hybridized carbons (Fsp3) is 0.538. The monoisotopic (exact) mass is 283 g/mol. The SMILES string of the molecule is CNc1ccc(NS(=O)(=O)N2CCCCC2C)cc1. The van der Waals surface area contributed by atoms with E-state index in [2.05, 4.69) is 10.0 Å². The summed E-state index contributed by atoms with van der Waals surface area (Å²) in [4.78, 5) is 0. The molecule has 0 aromatic heterocycles. The third kappa shape index (κ3) is 3.39. The van der Waals surface area contributed by atoms with E-state index in [-0.39, 0.29) is 6.04 Å². The molecule has 5 nitrogen and oxygen atoms in total. The fourth-order valence-corrected chi connectivity index (χ4v) is 3.84. The second-order valence-corrected chi connectivity index (χ2v) is 6.51. The highest BCUT2D eigenvalue weighted by Crippen LogP contribution is 2.22. The van der Waals surface area contributed by atoms with Crippen LogP contribution in [-0.2, 0) is 10.2 Å². The lowest BCUT2D eigenvalue weighted by Gasteiger charge is -2.32. The van der Waals surface area contributed by atoms with E-state index in [1.165, 1.54) is 0 Å². The van der Waals surface area contributed by atoms with E-state index in [1.807, 2.05) is 26.1 Å². The maximum atomic E-state index is 12.3. The quantitative estimate of drug-likeness (QED) is 0.891. The van der Waals surface area contributed by atoms with Crippen LogP contribution in [0, 0.1) is 0 Å². The Morgan fingerprint density at radius 3 is 2.37 bits per heavy atom. The second kappa shape index (κ2) is 5.79. The molecule has 0 spiro atoms. The van der Waals surface area contributed by atoms with E-state index >= 15 is 0 Å². The van der Waals surface area contributed by atoms with Gasteiger partial charge in [0.05, 0.1) is 0 Å². The van der Waals surface area contributed by atoms with E-state index in [4.69, 9.17) is 0 Å². The fourth-order valence-electron chi connectivity index (χ4n) is 2.34. The van der Waals surface area contributed by atoms with Crippen molar-refractivity contribution < 1.29 is 8.42 Å². The standard InChI is InChI=1S/C13H21N3O2S/c1-11-5-3-4-10-16(11)19(17,18)15-13-8-6-12(14-2)7-9-13/h6-9,11,14-15H,3-5,10H2,1-2H3. The lowest BCUT2D eigenvalue weighted by molar-refractivity contribution is 0.270. The zero-order valence-corrected chi connectivity index (χ0v) is 12.2. The van der Waals surface area contributed by atoms with Crippen LogP contribution in [0.4, 0.5) is 11.4 Å². The lowest BCUT2D eigenvalue weighted by Crippen LogP contribution is -2.44. The van der Waals surface area contributed by atoms with Gasteiger partial charge in [-0.05, 0) is 44.0 Å². The third-order valence-corrected chi connectivity index (χ3v) is 5.12. The molecule has 0 amide bonds. The lowest BCUT2D eigenvalue weighted by atomic mass is 10.1. The van der Waals surface area contributed by atoms with E-state index in [1.54, 1.807) is 16.4 Å². The van der Waals surface area contributed by atoms with E-state index in [0.29, 0.717) is 12.2 Å². The van der Waals surface area contributed by atoms with Crippen LogP contribution in [-0.4, -0.2) is 32.4 Å². The summed E-state index contributed by atoms with van der Waals surface area (Å²) in [5.74, 6) is 0. The van der Waals surface area contributed by atoms with Gasteiger partial charge in [-0.25, -0.2) is 0 Å². The predicted octanol–water partition coefficient (Wildman–Crippen LogP) is 2.26. The molecule has 2 N–H and O–H groups in total. The number of piperidine rings is 1. The second-order valence-electron chi connectivity index (χ2n) is 4.89. The molecule has 2 rings (SSSR count). The topological polar surface area (TPSA) is 61.4 Å². The van der Waals surface area contributed by atoms with Crippen LogP contribution < -0.4 is 10.0 Å². The van der Waals surface area contributed by atoms with E-state index in [0.717, 1.165) is 24.9 Å². The summed E-state index contributed by atoms with van der Waals surface area (Å²) in [5.41, 5.74) is 1.55. The normalized spacial score (nSPS) is 21.1. The predicted molar refractivity (Wildman–Crippen MR) is 78.6 cm³/mol. The van der Waals surface area contributed by atoms with Crippen LogP contribution >= 0.6 is 0 Å². The van der Waals surface area contributed by atoms with Crippen molar-refractivity contribution >= 4 is 21.6 Å². The van der Waals surface area contributed by atoms with Gasteiger partial charge in [0.25, 0.3) is 0 Å². The molecule has 1 aromatic rings. The molecular formula is C13H21N3O2S. The van der Waals surface area contributed by atoms with Crippen molar-refractivity contribution in [2.45, 2.75) is 32.2 Å². The van der Waals surface area contributed by atoms with Crippen molar-refractivity contribution in [1.29, 1.82) is 0 Å². The van der Waals surface area contributed by atoms with Gasteiger partial charge in [-0.15, -0.1) is 0 Å². The Morgan fingerprint density at radius 2 is 1.79 bits per heavy atom. The highest BCUT2D eigenvalue weighted by molar-refractivity contribution is 7.90. The summed E-state index contributed by atoms with van der Waals surface area (Å²) in [6.07, 6.45) is 2.97. The molecule has 1 aliphatic heterocycles.